The number of halogens is 1. The van der Waals surface area contributed by atoms with Crippen molar-refractivity contribution < 1.29 is 9.59 Å². The van der Waals surface area contributed by atoms with Gasteiger partial charge in [0.2, 0.25) is 5.91 Å². The molecule has 0 fully saturated rings. The minimum Gasteiger partial charge on any atom is -0.358 e. The first kappa shape index (κ1) is 13.6. The molecule has 17 heavy (non-hydrogen) atoms. The van der Waals surface area contributed by atoms with Crippen LogP contribution in [0.2, 0.25) is 0 Å². The Kier molecular flexibility index (Phi) is 5.07. The molecule has 0 bridgehead atoms. The van der Waals surface area contributed by atoms with Gasteiger partial charge >= 0.3 is 0 Å². The lowest BCUT2D eigenvalue weighted by molar-refractivity contribution is -0.129. The number of nitrogens with zero attached hydrogens (tertiary/aromatic N) is 1. The second kappa shape index (κ2) is 6.33. The van der Waals surface area contributed by atoms with Crippen LogP contribution in [-0.4, -0.2) is 18.7 Å². The molecule has 0 aliphatic carbocycles. The zero-order valence-corrected chi connectivity index (χ0v) is 11.3. The van der Waals surface area contributed by atoms with Crippen LogP contribution >= 0.6 is 27.3 Å². The first-order valence-electron chi connectivity index (χ1n) is 4.65. The van der Waals surface area contributed by atoms with Gasteiger partial charge in [-0.05, 0) is 34.1 Å². The quantitative estimate of drug-likeness (QED) is 0.682. The van der Waals surface area contributed by atoms with Gasteiger partial charge in [-0.2, -0.15) is 5.26 Å². The van der Waals surface area contributed by atoms with Gasteiger partial charge in [-0.25, -0.2) is 0 Å². The van der Waals surface area contributed by atoms with E-state index in [2.05, 4.69) is 21.2 Å². The maximum Gasteiger partial charge on any atom is 0.245 e. The molecule has 1 amide bonds. The third kappa shape index (κ3) is 3.80. The van der Waals surface area contributed by atoms with Gasteiger partial charge < -0.3 is 5.32 Å². The summed E-state index contributed by atoms with van der Waals surface area (Å²) in [7, 11) is 1.39. The molecule has 1 rings (SSSR count). The molecule has 0 spiro atoms. The molecule has 1 heterocycles. The van der Waals surface area contributed by atoms with E-state index >= 15 is 0 Å². The van der Waals surface area contributed by atoms with E-state index in [0.717, 1.165) is 9.35 Å². The van der Waals surface area contributed by atoms with Crippen LogP contribution in [0.4, 0.5) is 0 Å². The monoisotopic (exact) mass is 312 g/mol. The van der Waals surface area contributed by atoms with Crippen LogP contribution in [0.15, 0.2) is 22.0 Å². The van der Waals surface area contributed by atoms with Gasteiger partial charge in [0, 0.05) is 21.8 Å². The van der Waals surface area contributed by atoms with E-state index in [1.165, 1.54) is 24.5 Å². The van der Waals surface area contributed by atoms with Crippen LogP contribution < -0.4 is 5.32 Å². The lowest BCUT2D eigenvalue weighted by Gasteiger charge is -2.02. The van der Waals surface area contributed by atoms with Crippen molar-refractivity contribution in [2.75, 3.05) is 7.05 Å². The van der Waals surface area contributed by atoms with Crippen molar-refractivity contribution in [3.63, 3.8) is 0 Å². The molecule has 0 radical (unpaired) electrons. The highest BCUT2D eigenvalue weighted by Crippen LogP contribution is 2.20. The largest absolute Gasteiger partial charge is 0.358 e. The Balaban J connectivity index is 2.75. The van der Waals surface area contributed by atoms with Crippen LogP contribution in [0.5, 0.6) is 0 Å². The molecule has 0 aliphatic rings. The molecule has 0 saturated carbocycles. The molecule has 0 aromatic carbocycles. The Morgan fingerprint density at radius 1 is 1.65 bits per heavy atom. The van der Waals surface area contributed by atoms with Crippen molar-refractivity contribution in [1.29, 1.82) is 5.26 Å². The molecular formula is C11H9BrN2O2S. The Labute approximate surface area is 111 Å². The Morgan fingerprint density at radius 3 is 2.82 bits per heavy atom. The van der Waals surface area contributed by atoms with Crippen molar-refractivity contribution in [2.24, 2.45) is 5.92 Å². The summed E-state index contributed by atoms with van der Waals surface area (Å²) >= 11 is 4.75. The standard InChI is InChI=1S/C11H9BrN2O2S/c1-14-11(16)9(5-13)10(15)3-2-8-4-7(12)6-17-8/h2-4,6,9H,1H3,(H,14,16)/b3-2-/t9-/m1/s1. The van der Waals surface area contributed by atoms with E-state index in [4.69, 9.17) is 5.26 Å². The lowest BCUT2D eigenvalue weighted by Crippen LogP contribution is -2.31. The molecule has 0 unspecified atom stereocenters. The summed E-state index contributed by atoms with van der Waals surface area (Å²) in [5.74, 6) is -2.38. The van der Waals surface area contributed by atoms with E-state index in [1.54, 1.807) is 12.1 Å². The molecule has 1 aromatic heterocycles. The van der Waals surface area contributed by atoms with Crippen LogP contribution in [0.1, 0.15) is 4.88 Å². The first-order chi connectivity index (χ1) is 8.08. The van der Waals surface area contributed by atoms with Gasteiger partial charge in [0.1, 0.15) is 0 Å². The minimum atomic E-state index is -1.28. The molecule has 6 heteroatoms. The predicted octanol–water partition coefficient (Wildman–Crippen LogP) is 1.98. The van der Waals surface area contributed by atoms with Crippen molar-refractivity contribution in [2.45, 2.75) is 0 Å². The van der Waals surface area contributed by atoms with Crippen molar-refractivity contribution in [1.82, 2.24) is 5.32 Å². The number of hydrogen-bond acceptors (Lipinski definition) is 4. The van der Waals surface area contributed by atoms with Gasteiger partial charge in [0.25, 0.3) is 0 Å². The molecular weight excluding hydrogens is 304 g/mol. The van der Waals surface area contributed by atoms with Crippen LogP contribution in [0, 0.1) is 17.2 Å². The second-order valence-electron chi connectivity index (χ2n) is 3.08. The number of nitrogens with one attached hydrogen (secondary N) is 1. The fourth-order valence-corrected chi connectivity index (χ4v) is 2.41. The van der Waals surface area contributed by atoms with Gasteiger partial charge in [-0.15, -0.1) is 11.3 Å². The number of ketones is 1. The van der Waals surface area contributed by atoms with Gasteiger partial charge in [0.05, 0.1) is 6.07 Å². The zero-order valence-electron chi connectivity index (χ0n) is 8.94. The predicted molar refractivity (Wildman–Crippen MR) is 69.2 cm³/mol. The second-order valence-corrected chi connectivity index (χ2v) is 4.94. The number of thiophene rings is 1. The highest BCUT2D eigenvalue weighted by atomic mass is 79.9. The summed E-state index contributed by atoms with van der Waals surface area (Å²) in [6, 6.07) is 3.52. The average molecular weight is 313 g/mol. The molecule has 0 aliphatic heterocycles. The topological polar surface area (TPSA) is 70.0 Å². The number of carbonyl (C=O) groups is 2. The molecule has 1 aromatic rings. The summed E-state index contributed by atoms with van der Waals surface area (Å²) < 4.78 is 0.928. The first-order valence-corrected chi connectivity index (χ1v) is 6.33. The number of amides is 1. The highest BCUT2D eigenvalue weighted by molar-refractivity contribution is 9.10. The Bertz CT molecular complexity index is 502. The maximum absolute atomic E-state index is 11.6. The zero-order chi connectivity index (χ0) is 12.8. The summed E-state index contributed by atoms with van der Waals surface area (Å²) in [6.07, 6.45) is 2.84. The summed E-state index contributed by atoms with van der Waals surface area (Å²) in [5, 5.41) is 12.9. The van der Waals surface area contributed by atoms with E-state index in [9.17, 15) is 9.59 Å². The number of carbonyl (C=O) groups excluding carboxylic acids is 2. The smallest absolute Gasteiger partial charge is 0.245 e. The van der Waals surface area contributed by atoms with Crippen molar-refractivity contribution in [3.8, 4) is 6.07 Å². The Hall–Kier alpha value is -1.45. The summed E-state index contributed by atoms with van der Waals surface area (Å²) in [6.45, 7) is 0. The SMILES string of the molecule is CNC(=O)[C@H](C#N)C(=O)/C=C\c1cc(Br)cs1. The maximum atomic E-state index is 11.6. The van der Waals surface area contributed by atoms with Crippen molar-refractivity contribution in [3.05, 3.63) is 26.9 Å². The molecule has 4 nitrogen and oxygen atoms in total. The van der Waals surface area contributed by atoms with E-state index in [0.29, 0.717) is 0 Å². The third-order valence-electron chi connectivity index (χ3n) is 1.92. The highest BCUT2D eigenvalue weighted by Gasteiger charge is 2.22. The summed E-state index contributed by atoms with van der Waals surface area (Å²) in [4.78, 5) is 23.7. The van der Waals surface area contributed by atoms with E-state index in [1.807, 2.05) is 11.4 Å². The molecule has 1 N–H and O–H groups in total. The molecule has 1 atom stereocenters. The number of allylic oxidation sites excluding steroid dienone is 1. The van der Waals surface area contributed by atoms with Crippen molar-refractivity contribution >= 4 is 45.0 Å². The van der Waals surface area contributed by atoms with Gasteiger partial charge in [0.15, 0.2) is 11.7 Å². The fourth-order valence-electron chi connectivity index (χ4n) is 1.07. The normalized spacial score (nSPS) is 12.1. The summed E-state index contributed by atoms with van der Waals surface area (Å²) in [5.41, 5.74) is 0. The van der Waals surface area contributed by atoms with Crippen LogP contribution in [0.25, 0.3) is 6.08 Å². The third-order valence-corrected chi connectivity index (χ3v) is 3.58. The van der Waals surface area contributed by atoms with Gasteiger partial charge in [-0.3, -0.25) is 9.59 Å². The van der Waals surface area contributed by atoms with Gasteiger partial charge in [-0.1, -0.05) is 0 Å². The molecule has 88 valence electrons. The fraction of sp³-hybridized carbons (Fsp3) is 0.182. The van der Waals surface area contributed by atoms with E-state index < -0.39 is 17.6 Å². The molecule has 0 saturated heterocycles. The lowest BCUT2D eigenvalue weighted by atomic mass is 10.0. The van der Waals surface area contributed by atoms with Crippen LogP contribution in [0.3, 0.4) is 0 Å². The van der Waals surface area contributed by atoms with E-state index in [-0.39, 0.29) is 0 Å². The Morgan fingerprint density at radius 2 is 2.35 bits per heavy atom. The number of rotatable bonds is 4. The number of nitriles is 1. The minimum absolute atomic E-state index is 0.517. The average Bonchev–Trinajstić information content (AvgIpc) is 2.73. The van der Waals surface area contributed by atoms with Crippen LogP contribution in [-0.2, 0) is 9.59 Å². The number of hydrogen-bond donors (Lipinski definition) is 1.